The van der Waals surface area contributed by atoms with Gasteiger partial charge in [-0.25, -0.2) is 0 Å². The molecular weight excluding hydrogens is 528 g/mol. The Kier molecular flexibility index (Phi) is 7.46. The number of likely N-dealkylation sites (tertiary alicyclic amines) is 1. The van der Waals surface area contributed by atoms with E-state index in [4.69, 9.17) is 9.47 Å². The lowest BCUT2D eigenvalue weighted by Gasteiger charge is -2.39. The van der Waals surface area contributed by atoms with Crippen LogP contribution in [0, 0.1) is 25.7 Å². The number of alkyl halides is 1. The number of aliphatic hydroxyl groups is 1. The minimum atomic E-state index is -1.23. The number of nitrogens with zero attached hydrogens (tertiary/aromatic N) is 2. The molecule has 7 atom stereocenters. The van der Waals surface area contributed by atoms with Gasteiger partial charge < -0.3 is 24.4 Å². The van der Waals surface area contributed by atoms with Gasteiger partial charge in [0.05, 0.1) is 30.6 Å². The number of hydrogen-bond acceptors (Lipinski definition) is 6. The lowest BCUT2D eigenvalue weighted by Crippen LogP contribution is -2.59. The summed E-state index contributed by atoms with van der Waals surface area (Å²) in [5, 5.41) is 10.0. The summed E-state index contributed by atoms with van der Waals surface area (Å²) in [7, 11) is 0. The van der Waals surface area contributed by atoms with E-state index in [1.54, 1.807) is 17.9 Å². The van der Waals surface area contributed by atoms with Crippen molar-refractivity contribution in [1.29, 1.82) is 0 Å². The molecule has 1 spiro atoms. The second-order valence-corrected chi connectivity index (χ2v) is 11.1. The molecule has 194 valence electrons. The summed E-state index contributed by atoms with van der Waals surface area (Å²) in [5.74, 6) is -3.01. The fourth-order valence-corrected chi connectivity index (χ4v) is 6.95. The van der Waals surface area contributed by atoms with E-state index in [9.17, 15) is 19.5 Å². The highest BCUT2D eigenvalue weighted by Crippen LogP contribution is 2.60. The third kappa shape index (κ3) is 4.01. The summed E-state index contributed by atoms with van der Waals surface area (Å²) in [4.78, 5) is 44.2. The van der Waals surface area contributed by atoms with Gasteiger partial charge >= 0.3 is 5.97 Å². The molecule has 4 rings (SSSR count). The average Bonchev–Trinajstić information content (AvgIpc) is 3.45. The third-order valence-electron chi connectivity index (χ3n) is 7.55. The molecule has 3 heterocycles. The van der Waals surface area contributed by atoms with Gasteiger partial charge in [0.15, 0.2) is 0 Å². The normalized spacial score (nSPS) is 31.2. The fraction of sp³-hybridized carbons (Fsp3) is 0.519. The standard InChI is InChI=1S/C27H33BrN2O6/c1-6-10-29(19-12-15(3)8-9-16(19)4)25(33)23-27-13-18(28)22(36-27)20(26(34)35-11-7-2)21(27)24(32)30(23)17(5)14-31/h6-9,12,17-18,20-23,31H,1-2,10-11,13-14H2,3-5H3/t17-,18?,20-,21+,22-,23?,27?/m1/s1. The van der Waals surface area contributed by atoms with Gasteiger partial charge in [0.1, 0.15) is 18.2 Å². The largest absolute Gasteiger partial charge is 0.461 e. The number of ether oxygens (including phenoxy) is 2. The van der Waals surface area contributed by atoms with Crippen LogP contribution in [0.1, 0.15) is 24.5 Å². The Bertz CT molecular complexity index is 1090. The van der Waals surface area contributed by atoms with E-state index >= 15 is 0 Å². The van der Waals surface area contributed by atoms with Gasteiger partial charge in [0.25, 0.3) is 5.91 Å². The molecule has 0 aromatic heterocycles. The molecule has 2 amide bonds. The number of carbonyl (C=O) groups is 3. The van der Waals surface area contributed by atoms with Crippen LogP contribution in [0.3, 0.4) is 0 Å². The molecule has 0 aliphatic carbocycles. The Morgan fingerprint density at radius 1 is 1.36 bits per heavy atom. The van der Waals surface area contributed by atoms with Gasteiger partial charge in [-0.3, -0.25) is 14.4 Å². The Morgan fingerprint density at radius 2 is 2.08 bits per heavy atom. The quantitative estimate of drug-likeness (QED) is 0.283. The van der Waals surface area contributed by atoms with Crippen molar-refractivity contribution in [3.63, 3.8) is 0 Å². The number of halogens is 1. The van der Waals surface area contributed by atoms with E-state index in [1.165, 1.54) is 11.0 Å². The maximum absolute atomic E-state index is 14.4. The van der Waals surface area contributed by atoms with Crippen LogP contribution < -0.4 is 4.90 Å². The lowest BCUT2D eigenvalue weighted by atomic mass is 9.70. The van der Waals surface area contributed by atoms with Crippen molar-refractivity contribution in [1.82, 2.24) is 4.90 Å². The van der Waals surface area contributed by atoms with E-state index in [0.717, 1.165) is 11.1 Å². The molecule has 2 bridgehead atoms. The van der Waals surface area contributed by atoms with E-state index in [0.29, 0.717) is 12.1 Å². The first kappa shape index (κ1) is 26.6. The number of fused-ring (bicyclic) bond motifs is 1. The van der Waals surface area contributed by atoms with Crippen LogP contribution in [0.5, 0.6) is 0 Å². The molecule has 1 aromatic rings. The molecule has 0 radical (unpaired) electrons. The van der Waals surface area contributed by atoms with Crippen LogP contribution in [0.2, 0.25) is 0 Å². The Labute approximate surface area is 220 Å². The average molecular weight is 561 g/mol. The molecule has 3 aliphatic heterocycles. The van der Waals surface area contributed by atoms with Crippen LogP contribution in [0.25, 0.3) is 0 Å². The van der Waals surface area contributed by atoms with Crippen molar-refractivity contribution in [3.8, 4) is 0 Å². The number of aryl methyl sites for hydroxylation is 2. The number of amides is 2. The predicted molar refractivity (Wildman–Crippen MR) is 139 cm³/mol. The summed E-state index contributed by atoms with van der Waals surface area (Å²) < 4.78 is 11.8. The monoisotopic (exact) mass is 560 g/mol. The van der Waals surface area contributed by atoms with Gasteiger partial charge in [-0.05, 0) is 44.4 Å². The molecule has 36 heavy (non-hydrogen) atoms. The maximum atomic E-state index is 14.4. The second-order valence-electron chi connectivity index (χ2n) is 9.89. The minimum Gasteiger partial charge on any atom is -0.461 e. The van der Waals surface area contributed by atoms with E-state index < -0.39 is 41.6 Å². The predicted octanol–water partition coefficient (Wildman–Crippen LogP) is 2.68. The van der Waals surface area contributed by atoms with Crippen LogP contribution in [-0.4, -0.2) is 76.2 Å². The zero-order chi connectivity index (χ0) is 26.4. The zero-order valence-corrected chi connectivity index (χ0v) is 22.4. The number of aliphatic hydroxyl groups excluding tert-OH is 1. The molecule has 3 unspecified atom stereocenters. The maximum Gasteiger partial charge on any atom is 0.312 e. The molecule has 3 saturated heterocycles. The topological polar surface area (TPSA) is 96.4 Å². The summed E-state index contributed by atoms with van der Waals surface area (Å²) in [6, 6.07) is 4.16. The highest BCUT2D eigenvalue weighted by Gasteiger charge is 2.77. The first-order chi connectivity index (χ1) is 17.1. The van der Waals surface area contributed by atoms with Crippen molar-refractivity contribution in [2.24, 2.45) is 11.8 Å². The number of hydrogen-bond donors (Lipinski definition) is 1. The molecule has 9 heteroatoms. The lowest BCUT2D eigenvalue weighted by molar-refractivity contribution is -0.154. The number of anilines is 1. The summed E-state index contributed by atoms with van der Waals surface area (Å²) >= 11 is 3.63. The molecule has 1 N–H and O–H groups in total. The van der Waals surface area contributed by atoms with Gasteiger partial charge in [-0.2, -0.15) is 0 Å². The van der Waals surface area contributed by atoms with E-state index in [1.807, 2.05) is 32.0 Å². The van der Waals surface area contributed by atoms with Gasteiger partial charge in [-0.15, -0.1) is 6.58 Å². The van der Waals surface area contributed by atoms with Crippen LogP contribution >= 0.6 is 15.9 Å². The SMILES string of the molecule is C=CCOC(=O)[C@H]1[C@@H]2OC3(CC2Br)C(C(=O)N(CC=C)c2cc(C)ccc2C)N([C@H](C)CO)C(=O)[C@H]13. The Hall–Kier alpha value is -2.49. The Balaban J connectivity index is 1.83. The second kappa shape index (κ2) is 10.1. The summed E-state index contributed by atoms with van der Waals surface area (Å²) in [6.45, 7) is 12.9. The smallest absolute Gasteiger partial charge is 0.312 e. The molecule has 1 aromatic carbocycles. The minimum absolute atomic E-state index is 0.0157. The zero-order valence-electron chi connectivity index (χ0n) is 20.9. The molecule has 3 fully saturated rings. The molecule has 0 saturated carbocycles. The van der Waals surface area contributed by atoms with Crippen molar-refractivity contribution in [2.75, 3.05) is 24.7 Å². The first-order valence-corrected chi connectivity index (χ1v) is 13.1. The van der Waals surface area contributed by atoms with Crippen molar-refractivity contribution >= 4 is 39.4 Å². The van der Waals surface area contributed by atoms with Crippen LogP contribution in [-0.2, 0) is 23.9 Å². The molecule has 8 nitrogen and oxygen atoms in total. The third-order valence-corrected chi connectivity index (χ3v) is 8.39. The highest BCUT2D eigenvalue weighted by atomic mass is 79.9. The van der Waals surface area contributed by atoms with Gasteiger partial charge in [0.2, 0.25) is 5.91 Å². The van der Waals surface area contributed by atoms with Gasteiger partial charge in [-0.1, -0.05) is 46.8 Å². The molecular formula is C27H33BrN2O6. The van der Waals surface area contributed by atoms with Crippen molar-refractivity contribution in [2.45, 2.75) is 55.8 Å². The highest BCUT2D eigenvalue weighted by molar-refractivity contribution is 9.09. The van der Waals surface area contributed by atoms with Crippen LogP contribution in [0.4, 0.5) is 5.69 Å². The molecule has 3 aliphatic rings. The van der Waals surface area contributed by atoms with Crippen molar-refractivity contribution in [3.05, 3.63) is 54.6 Å². The van der Waals surface area contributed by atoms with E-state index in [2.05, 4.69) is 29.1 Å². The van der Waals surface area contributed by atoms with Crippen LogP contribution in [0.15, 0.2) is 43.5 Å². The van der Waals surface area contributed by atoms with Gasteiger partial charge in [0, 0.05) is 17.1 Å². The number of esters is 1. The first-order valence-electron chi connectivity index (χ1n) is 12.1. The summed E-state index contributed by atoms with van der Waals surface area (Å²) in [5.41, 5.74) is 1.37. The fourth-order valence-electron chi connectivity index (χ4n) is 6.01. The number of rotatable bonds is 9. The summed E-state index contributed by atoms with van der Waals surface area (Å²) in [6.07, 6.45) is 2.88. The Morgan fingerprint density at radius 3 is 2.72 bits per heavy atom. The van der Waals surface area contributed by atoms with Crippen molar-refractivity contribution < 1.29 is 29.0 Å². The number of carbonyl (C=O) groups excluding carboxylic acids is 3. The van der Waals surface area contributed by atoms with E-state index in [-0.39, 0.29) is 36.4 Å². The number of benzene rings is 1.